The predicted octanol–water partition coefficient (Wildman–Crippen LogP) is 3.67. The quantitative estimate of drug-likeness (QED) is 0.869. The van der Waals surface area contributed by atoms with Gasteiger partial charge >= 0.3 is 0 Å². The molecule has 116 valence electrons. The molecule has 0 heterocycles. The number of aliphatic hydroxyl groups is 1. The summed E-state index contributed by atoms with van der Waals surface area (Å²) in [5.41, 5.74) is 3.48. The van der Waals surface area contributed by atoms with Crippen LogP contribution in [-0.4, -0.2) is 11.0 Å². The van der Waals surface area contributed by atoms with E-state index in [0.29, 0.717) is 12.3 Å². The second-order valence-electron chi connectivity index (χ2n) is 6.47. The van der Waals surface area contributed by atoms with E-state index in [-0.39, 0.29) is 11.9 Å². The van der Waals surface area contributed by atoms with Crippen LogP contribution in [0.25, 0.3) is 0 Å². The fourth-order valence-electron chi connectivity index (χ4n) is 3.05. The molecule has 0 fully saturated rings. The lowest BCUT2D eigenvalue weighted by molar-refractivity contribution is -0.121. The van der Waals surface area contributed by atoms with Crippen LogP contribution in [0.3, 0.4) is 0 Å². The average Bonchev–Trinajstić information content (AvgIpc) is 2.46. The molecule has 2 atom stereocenters. The van der Waals surface area contributed by atoms with Crippen molar-refractivity contribution in [2.75, 3.05) is 0 Å². The summed E-state index contributed by atoms with van der Waals surface area (Å²) < 4.78 is 0. The standard InChI is InChI=1S/C18H27NO2/c1-4-18(21)19-16-7-5-6-13-8-9-14(11-15(13)16)17(20)10-12(2)3/h8-9,11-12,16-17,20H,4-7,10H2,1-3H3,(H,19,21). The number of aryl methyl sites for hydroxylation is 1. The third kappa shape index (κ3) is 4.07. The van der Waals surface area contributed by atoms with Gasteiger partial charge in [0.25, 0.3) is 0 Å². The zero-order valence-corrected chi connectivity index (χ0v) is 13.4. The Morgan fingerprint density at radius 2 is 2.19 bits per heavy atom. The second-order valence-corrected chi connectivity index (χ2v) is 6.47. The van der Waals surface area contributed by atoms with E-state index in [1.54, 1.807) is 0 Å². The van der Waals surface area contributed by atoms with Gasteiger partial charge in [-0.05, 0) is 48.3 Å². The summed E-state index contributed by atoms with van der Waals surface area (Å²) in [5.74, 6) is 0.563. The molecule has 3 nitrogen and oxygen atoms in total. The van der Waals surface area contributed by atoms with E-state index in [0.717, 1.165) is 31.2 Å². The van der Waals surface area contributed by atoms with E-state index in [2.05, 4.69) is 31.3 Å². The molecule has 0 aromatic heterocycles. The maximum atomic E-state index is 11.7. The number of nitrogens with one attached hydrogen (secondary N) is 1. The van der Waals surface area contributed by atoms with Gasteiger partial charge in [0.1, 0.15) is 0 Å². The smallest absolute Gasteiger partial charge is 0.220 e. The summed E-state index contributed by atoms with van der Waals surface area (Å²) in [6, 6.07) is 6.36. The number of aliphatic hydroxyl groups excluding tert-OH is 1. The Morgan fingerprint density at radius 1 is 1.43 bits per heavy atom. The van der Waals surface area contributed by atoms with E-state index in [9.17, 15) is 9.90 Å². The van der Waals surface area contributed by atoms with E-state index in [1.165, 1.54) is 11.1 Å². The highest BCUT2D eigenvalue weighted by molar-refractivity contribution is 5.76. The van der Waals surface area contributed by atoms with Crippen molar-refractivity contribution in [2.45, 2.75) is 65.0 Å². The highest BCUT2D eigenvalue weighted by Gasteiger charge is 2.23. The zero-order chi connectivity index (χ0) is 15.4. The van der Waals surface area contributed by atoms with Gasteiger partial charge in [0, 0.05) is 6.42 Å². The van der Waals surface area contributed by atoms with Crippen LogP contribution in [0.4, 0.5) is 0 Å². The van der Waals surface area contributed by atoms with Crippen LogP contribution in [0, 0.1) is 5.92 Å². The molecule has 2 rings (SSSR count). The minimum absolute atomic E-state index is 0.0981. The number of fused-ring (bicyclic) bond motifs is 1. The molecule has 1 aliphatic carbocycles. The third-order valence-electron chi connectivity index (χ3n) is 4.22. The number of rotatable bonds is 5. The Hall–Kier alpha value is -1.35. The van der Waals surface area contributed by atoms with Gasteiger partial charge in [-0.15, -0.1) is 0 Å². The van der Waals surface area contributed by atoms with Crippen molar-refractivity contribution in [3.63, 3.8) is 0 Å². The van der Waals surface area contributed by atoms with Gasteiger partial charge in [-0.25, -0.2) is 0 Å². The van der Waals surface area contributed by atoms with Crippen molar-refractivity contribution in [2.24, 2.45) is 5.92 Å². The maximum absolute atomic E-state index is 11.7. The number of hydrogen-bond acceptors (Lipinski definition) is 2. The van der Waals surface area contributed by atoms with Gasteiger partial charge in [0.2, 0.25) is 5.91 Å². The van der Waals surface area contributed by atoms with Gasteiger partial charge in [-0.1, -0.05) is 39.0 Å². The van der Waals surface area contributed by atoms with Gasteiger partial charge in [-0.2, -0.15) is 0 Å². The van der Waals surface area contributed by atoms with E-state index in [1.807, 2.05) is 13.0 Å². The zero-order valence-electron chi connectivity index (χ0n) is 13.4. The fraction of sp³-hybridized carbons (Fsp3) is 0.611. The molecule has 0 saturated carbocycles. The van der Waals surface area contributed by atoms with Crippen molar-refractivity contribution in [3.8, 4) is 0 Å². The molecule has 0 radical (unpaired) electrons. The second kappa shape index (κ2) is 7.08. The molecule has 1 aliphatic rings. The summed E-state index contributed by atoms with van der Waals surface area (Å²) in [7, 11) is 0. The highest BCUT2D eigenvalue weighted by atomic mass is 16.3. The van der Waals surface area contributed by atoms with E-state index < -0.39 is 6.10 Å². The third-order valence-corrected chi connectivity index (χ3v) is 4.22. The van der Waals surface area contributed by atoms with Crippen LogP contribution >= 0.6 is 0 Å². The molecular weight excluding hydrogens is 262 g/mol. The number of hydrogen-bond donors (Lipinski definition) is 2. The van der Waals surface area contributed by atoms with Crippen molar-refractivity contribution in [1.29, 1.82) is 0 Å². The topological polar surface area (TPSA) is 49.3 Å². The first kappa shape index (κ1) is 16.0. The van der Waals surface area contributed by atoms with Crippen LogP contribution in [0.2, 0.25) is 0 Å². The SMILES string of the molecule is CCC(=O)NC1CCCc2ccc(C(O)CC(C)C)cc21. The molecule has 0 saturated heterocycles. The van der Waals surface area contributed by atoms with Crippen molar-refractivity contribution < 1.29 is 9.90 Å². The summed E-state index contributed by atoms with van der Waals surface area (Å²) in [6.45, 7) is 6.11. The molecule has 3 heteroatoms. The van der Waals surface area contributed by atoms with Crippen LogP contribution in [0.1, 0.15) is 75.3 Å². The van der Waals surface area contributed by atoms with Crippen LogP contribution in [0.15, 0.2) is 18.2 Å². The molecular formula is C18H27NO2. The molecule has 0 bridgehead atoms. The van der Waals surface area contributed by atoms with Gasteiger partial charge in [-0.3, -0.25) is 4.79 Å². The summed E-state index contributed by atoms with van der Waals surface area (Å²) in [5, 5.41) is 13.4. The lowest BCUT2D eigenvalue weighted by atomic mass is 9.85. The van der Waals surface area contributed by atoms with Crippen LogP contribution in [0.5, 0.6) is 0 Å². The van der Waals surface area contributed by atoms with Gasteiger partial charge in [0.05, 0.1) is 12.1 Å². The van der Waals surface area contributed by atoms with E-state index >= 15 is 0 Å². The number of carbonyl (C=O) groups is 1. The minimum Gasteiger partial charge on any atom is -0.388 e. The van der Waals surface area contributed by atoms with Crippen molar-refractivity contribution in [1.82, 2.24) is 5.32 Å². The maximum Gasteiger partial charge on any atom is 0.220 e. The minimum atomic E-state index is -0.417. The Kier molecular flexibility index (Phi) is 5.40. The highest BCUT2D eigenvalue weighted by Crippen LogP contribution is 2.33. The van der Waals surface area contributed by atoms with E-state index in [4.69, 9.17) is 0 Å². The molecule has 2 unspecified atom stereocenters. The Labute approximate surface area is 127 Å². The Morgan fingerprint density at radius 3 is 2.86 bits per heavy atom. The Bertz CT molecular complexity index is 496. The molecule has 21 heavy (non-hydrogen) atoms. The fourth-order valence-corrected chi connectivity index (χ4v) is 3.05. The molecule has 2 N–H and O–H groups in total. The molecule has 1 aromatic rings. The van der Waals surface area contributed by atoms with Crippen molar-refractivity contribution in [3.05, 3.63) is 34.9 Å². The summed E-state index contributed by atoms with van der Waals surface area (Å²) in [4.78, 5) is 11.7. The van der Waals surface area contributed by atoms with Crippen LogP contribution in [-0.2, 0) is 11.2 Å². The number of carbonyl (C=O) groups excluding carboxylic acids is 1. The normalized spacial score (nSPS) is 19.2. The van der Waals surface area contributed by atoms with Crippen LogP contribution < -0.4 is 5.32 Å². The number of benzene rings is 1. The monoisotopic (exact) mass is 289 g/mol. The first-order valence-corrected chi connectivity index (χ1v) is 8.11. The van der Waals surface area contributed by atoms with Gasteiger partial charge in [0.15, 0.2) is 0 Å². The lowest BCUT2D eigenvalue weighted by Gasteiger charge is -2.27. The van der Waals surface area contributed by atoms with Gasteiger partial charge < -0.3 is 10.4 Å². The van der Waals surface area contributed by atoms with Crippen molar-refractivity contribution >= 4 is 5.91 Å². The first-order valence-electron chi connectivity index (χ1n) is 8.11. The lowest BCUT2D eigenvalue weighted by Crippen LogP contribution is -2.30. The summed E-state index contributed by atoms with van der Waals surface area (Å²) in [6.07, 6.45) is 4.03. The molecule has 0 spiro atoms. The first-order chi connectivity index (χ1) is 10.0. The molecule has 1 aromatic carbocycles. The molecule has 0 aliphatic heterocycles. The number of amides is 1. The molecule has 1 amide bonds. The average molecular weight is 289 g/mol. The predicted molar refractivity (Wildman–Crippen MR) is 85.0 cm³/mol. The summed E-state index contributed by atoms with van der Waals surface area (Å²) >= 11 is 0. The Balaban J connectivity index is 2.22. The largest absolute Gasteiger partial charge is 0.388 e.